The molecule has 5 aromatic rings. The standard InChI is InChI=1S/C43H32O/c44-41-42(35-25-12-4-13-26-35)37-30-29-34(24-16-19-31-17-6-1-7-18-31)38(37)43(41,36-27-14-5-15-28-36)40(33-22-10-3-11-23-33)39(42)32-20-8-2-9-21-32/h1-30,37-38H/b19-16+,34-24+/t37-,38+,42+,43-/m1/s1. The van der Waals surface area contributed by atoms with Crippen molar-refractivity contribution in [3.8, 4) is 0 Å². The third-order valence-corrected chi connectivity index (χ3v) is 9.90. The van der Waals surface area contributed by atoms with E-state index in [0.717, 1.165) is 39.0 Å². The van der Waals surface area contributed by atoms with Crippen molar-refractivity contribution >= 4 is 23.0 Å². The van der Waals surface area contributed by atoms with E-state index in [-0.39, 0.29) is 17.6 Å². The van der Waals surface area contributed by atoms with Crippen LogP contribution in [0, 0.1) is 11.8 Å². The molecule has 1 fully saturated rings. The van der Waals surface area contributed by atoms with Crippen molar-refractivity contribution in [1.82, 2.24) is 0 Å². The number of Topliss-reactive ketones (excluding diaryl/α,β-unsaturated/α-hetero) is 1. The van der Waals surface area contributed by atoms with Gasteiger partial charge >= 0.3 is 0 Å². The fourth-order valence-electron chi connectivity index (χ4n) is 8.37. The van der Waals surface area contributed by atoms with Gasteiger partial charge in [0.2, 0.25) is 0 Å². The summed E-state index contributed by atoms with van der Waals surface area (Å²) in [5.41, 5.74) is 7.23. The van der Waals surface area contributed by atoms with Gasteiger partial charge in [-0.2, -0.15) is 0 Å². The monoisotopic (exact) mass is 564 g/mol. The minimum Gasteiger partial charge on any atom is -0.297 e. The number of benzene rings is 5. The summed E-state index contributed by atoms with van der Waals surface area (Å²) in [5, 5.41) is 0. The predicted octanol–water partition coefficient (Wildman–Crippen LogP) is 9.51. The Morgan fingerprint density at radius 1 is 0.523 bits per heavy atom. The molecule has 210 valence electrons. The molecule has 0 unspecified atom stereocenters. The van der Waals surface area contributed by atoms with Gasteiger partial charge in [0.05, 0.1) is 10.8 Å². The highest BCUT2D eigenvalue weighted by Crippen LogP contribution is 2.75. The molecule has 44 heavy (non-hydrogen) atoms. The third kappa shape index (κ3) is 3.63. The van der Waals surface area contributed by atoms with Gasteiger partial charge in [0.1, 0.15) is 0 Å². The highest BCUT2D eigenvalue weighted by molar-refractivity contribution is 6.30. The predicted molar refractivity (Wildman–Crippen MR) is 181 cm³/mol. The Balaban J connectivity index is 1.48. The van der Waals surface area contributed by atoms with Gasteiger partial charge in [-0.05, 0) is 44.5 Å². The second-order valence-electron chi connectivity index (χ2n) is 12.0. The second kappa shape index (κ2) is 10.5. The van der Waals surface area contributed by atoms with E-state index < -0.39 is 10.8 Å². The molecule has 4 atom stereocenters. The summed E-state index contributed by atoms with van der Waals surface area (Å²) in [6.07, 6.45) is 11.1. The molecule has 1 nitrogen and oxygen atoms in total. The lowest BCUT2D eigenvalue weighted by atomic mass is 9.58. The van der Waals surface area contributed by atoms with E-state index in [1.807, 2.05) is 18.2 Å². The Kier molecular flexibility index (Phi) is 6.27. The number of allylic oxidation sites excluding steroid dienone is 7. The first-order valence-corrected chi connectivity index (χ1v) is 15.4. The van der Waals surface area contributed by atoms with Crippen LogP contribution in [0.25, 0.3) is 17.2 Å². The van der Waals surface area contributed by atoms with Crippen LogP contribution in [-0.4, -0.2) is 5.78 Å². The van der Waals surface area contributed by atoms with Gasteiger partial charge in [0.25, 0.3) is 0 Å². The summed E-state index contributed by atoms with van der Waals surface area (Å²) in [4.78, 5) is 15.9. The van der Waals surface area contributed by atoms with Crippen LogP contribution in [0.15, 0.2) is 182 Å². The molecule has 0 saturated heterocycles. The number of hydrogen-bond acceptors (Lipinski definition) is 1. The van der Waals surface area contributed by atoms with E-state index in [0.29, 0.717) is 0 Å². The van der Waals surface area contributed by atoms with E-state index in [9.17, 15) is 0 Å². The first-order chi connectivity index (χ1) is 21.8. The van der Waals surface area contributed by atoms with Crippen LogP contribution in [0.5, 0.6) is 0 Å². The lowest BCUT2D eigenvalue weighted by molar-refractivity contribution is -0.123. The number of fused-ring (bicyclic) bond motifs is 5. The van der Waals surface area contributed by atoms with Crippen LogP contribution >= 0.6 is 0 Å². The lowest BCUT2D eigenvalue weighted by Crippen LogP contribution is -2.39. The molecule has 0 amide bonds. The zero-order chi connectivity index (χ0) is 29.6. The molecule has 0 N–H and O–H groups in total. The third-order valence-electron chi connectivity index (χ3n) is 9.90. The van der Waals surface area contributed by atoms with E-state index in [4.69, 9.17) is 0 Å². The van der Waals surface area contributed by atoms with Crippen LogP contribution < -0.4 is 0 Å². The zero-order valence-corrected chi connectivity index (χ0v) is 24.4. The van der Waals surface area contributed by atoms with Crippen molar-refractivity contribution in [1.29, 1.82) is 0 Å². The quantitative estimate of drug-likeness (QED) is 0.201. The van der Waals surface area contributed by atoms with Gasteiger partial charge in [0.15, 0.2) is 5.78 Å². The van der Waals surface area contributed by atoms with Crippen LogP contribution in [-0.2, 0) is 15.6 Å². The maximum atomic E-state index is 15.9. The fraction of sp³-hybridized carbons (Fsp3) is 0.0930. The second-order valence-corrected chi connectivity index (χ2v) is 12.0. The molecule has 8 rings (SSSR count). The highest BCUT2D eigenvalue weighted by atomic mass is 16.1. The molecule has 1 saturated carbocycles. The molecular formula is C43H32O. The first-order valence-electron chi connectivity index (χ1n) is 15.4. The molecule has 0 radical (unpaired) electrons. The van der Waals surface area contributed by atoms with Gasteiger partial charge in [-0.25, -0.2) is 0 Å². The van der Waals surface area contributed by atoms with Gasteiger partial charge in [-0.1, -0.05) is 182 Å². The Morgan fingerprint density at radius 3 is 1.52 bits per heavy atom. The van der Waals surface area contributed by atoms with Crippen LogP contribution in [0.4, 0.5) is 0 Å². The van der Waals surface area contributed by atoms with Gasteiger partial charge in [-0.15, -0.1) is 0 Å². The smallest absolute Gasteiger partial charge is 0.164 e. The maximum Gasteiger partial charge on any atom is 0.164 e. The highest BCUT2D eigenvalue weighted by Gasteiger charge is 2.77. The number of carbonyl (C=O) groups excluding carboxylic acids is 1. The van der Waals surface area contributed by atoms with Crippen molar-refractivity contribution in [3.63, 3.8) is 0 Å². The average Bonchev–Trinajstić information content (AvgIpc) is 3.70. The van der Waals surface area contributed by atoms with E-state index in [1.54, 1.807) is 0 Å². The SMILES string of the molecule is O=C1[C@]2(c3ccccc3)C(c3ccccc3)=C(c3ccccc3)[C@@]1(c1ccccc1)[C@H]1/C(=C/C=C/c3ccccc3)C=C[C@H]12. The summed E-state index contributed by atoms with van der Waals surface area (Å²) in [5.74, 6) is 0.190. The number of carbonyl (C=O) groups is 1. The average molecular weight is 565 g/mol. The normalized spacial score (nSPS) is 26.2. The van der Waals surface area contributed by atoms with Crippen LogP contribution in [0.1, 0.15) is 27.8 Å². The number of hydrogen-bond donors (Lipinski definition) is 0. The van der Waals surface area contributed by atoms with E-state index in [1.165, 1.54) is 5.57 Å². The molecule has 5 aromatic carbocycles. The molecule has 1 heteroatoms. The summed E-state index contributed by atoms with van der Waals surface area (Å²) in [6, 6.07) is 52.7. The van der Waals surface area contributed by atoms with Crippen molar-refractivity contribution in [3.05, 3.63) is 209 Å². The number of rotatable bonds is 6. The molecule has 0 aromatic heterocycles. The topological polar surface area (TPSA) is 17.1 Å². The summed E-state index contributed by atoms with van der Waals surface area (Å²) in [6.45, 7) is 0. The van der Waals surface area contributed by atoms with Gasteiger partial charge < -0.3 is 0 Å². The minimum atomic E-state index is -0.871. The summed E-state index contributed by atoms with van der Waals surface area (Å²) < 4.78 is 0. The fourth-order valence-corrected chi connectivity index (χ4v) is 8.37. The van der Waals surface area contributed by atoms with Gasteiger partial charge in [-0.3, -0.25) is 4.79 Å². The Morgan fingerprint density at radius 2 is 0.977 bits per heavy atom. The van der Waals surface area contributed by atoms with E-state index in [2.05, 4.69) is 164 Å². The van der Waals surface area contributed by atoms with Crippen LogP contribution in [0.2, 0.25) is 0 Å². The van der Waals surface area contributed by atoms with E-state index >= 15 is 4.79 Å². The summed E-state index contributed by atoms with van der Waals surface area (Å²) >= 11 is 0. The zero-order valence-electron chi connectivity index (χ0n) is 24.4. The lowest BCUT2D eigenvalue weighted by Gasteiger charge is -2.42. The van der Waals surface area contributed by atoms with Crippen LogP contribution in [0.3, 0.4) is 0 Å². The summed E-state index contributed by atoms with van der Waals surface area (Å²) in [7, 11) is 0. The molecule has 0 spiro atoms. The first kappa shape index (κ1) is 26.4. The molecular weight excluding hydrogens is 532 g/mol. The molecule has 2 bridgehead atoms. The Hall–Kier alpha value is -5.27. The molecule has 3 aliphatic rings. The maximum absolute atomic E-state index is 15.9. The molecule has 3 aliphatic carbocycles. The van der Waals surface area contributed by atoms with Crippen molar-refractivity contribution in [2.75, 3.05) is 0 Å². The van der Waals surface area contributed by atoms with Crippen molar-refractivity contribution in [2.24, 2.45) is 11.8 Å². The van der Waals surface area contributed by atoms with Crippen molar-refractivity contribution < 1.29 is 4.79 Å². The Labute approximate surface area is 259 Å². The minimum absolute atomic E-state index is 0.0309. The number of ketones is 1. The Bertz CT molecular complexity index is 1950. The van der Waals surface area contributed by atoms with Gasteiger partial charge in [0, 0.05) is 11.8 Å². The molecule has 0 heterocycles. The molecule has 0 aliphatic heterocycles. The van der Waals surface area contributed by atoms with Crippen molar-refractivity contribution in [2.45, 2.75) is 10.8 Å². The largest absolute Gasteiger partial charge is 0.297 e.